The van der Waals surface area contributed by atoms with Gasteiger partial charge in [-0.05, 0) is 49.0 Å². The lowest BCUT2D eigenvalue weighted by Crippen LogP contribution is -2.47. The van der Waals surface area contributed by atoms with Crippen LogP contribution < -0.4 is 10.1 Å². The standard InChI is InChI=1S/C20H25N3O4S/c1-22-11-13-23(14-12-22)28(25,26)19-9-3-16(4-10-19)15-21-20(24)17-5-7-18(27-2)8-6-17/h3-10H,11-15H2,1-2H3,(H,21,24). The van der Waals surface area contributed by atoms with E-state index in [1.54, 1.807) is 55.6 Å². The molecule has 1 amide bonds. The number of rotatable bonds is 6. The van der Waals surface area contributed by atoms with Crippen LogP contribution in [0.1, 0.15) is 15.9 Å². The number of methoxy groups -OCH3 is 1. The first kappa shape index (κ1) is 20.3. The number of carbonyl (C=O) groups is 1. The molecule has 150 valence electrons. The molecule has 0 atom stereocenters. The number of ether oxygens (including phenoxy) is 1. The molecule has 0 aromatic heterocycles. The minimum atomic E-state index is -3.48. The highest BCUT2D eigenvalue weighted by atomic mass is 32.2. The molecule has 1 aliphatic heterocycles. The summed E-state index contributed by atoms with van der Waals surface area (Å²) in [5.41, 5.74) is 1.37. The smallest absolute Gasteiger partial charge is 0.251 e. The first-order valence-electron chi connectivity index (χ1n) is 9.10. The van der Waals surface area contributed by atoms with Crippen molar-refractivity contribution in [2.45, 2.75) is 11.4 Å². The Hall–Kier alpha value is -2.42. The Balaban J connectivity index is 1.60. The third kappa shape index (κ3) is 4.70. The van der Waals surface area contributed by atoms with Gasteiger partial charge in [0.25, 0.3) is 5.91 Å². The predicted molar refractivity (Wildman–Crippen MR) is 107 cm³/mol. The zero-order chi connectivity index (χ0) is 20.1. The first-order valence-corrected chi connectivity index (χ1v) is 10.5. The number of sulfonamides is 1. The van der Waals surface area contributed by atoms with Gasteiger partial charge in [-0.1, -0.05) is 12.1 Å². The zero-order valence-electron chi connectivity index (χ0n) is 16.1. The van der Waals surface area contributed by atoms with E-state index in [0.717, 1.165) is 18.7 Å². The van der Waals surface area contributed by atoms with Gasteiger partial charge in [0, 0.05) is 38.3 Å². The molecule has 2 aromatic carbocycles. The van der Waals surface area contributed by atoms with Gasteiger partial charge < -0.3 is 15.0 Å². The maximum Gasteiger partial charge on any atom is 0.251 e. The number of nitrogens with zero attached hydrogens (tertiary/aromatic N) is 2. The minimum absolute atomic E-state index is 0.197. The maximum atomic E-state index is 12.7. The van der Waals surface area contributed by atoms with E-state index in [0.29, 0.717) is 30.9 Å². The number of benzene rings is 2. The third-order valence-corrected chi connectivity index (χ3v) is 6.74. The van der Waals surface area contributed by atoms with Gasteiger partial charge in [0.2, 0.25) is 10.0 Å². The van der Waals surface area contributed by atoms with Gasteiger partial charge >= 0.3 is 0 Å². The van der Waals surface area contributed by atoms with E-state index < -0.39 is 10.0 Å². The maximum absolute atomic E-state index is 12.7. The molecule has 1 aliphatic rings. The highest BCUT2D eigenvalue weighted by Gasteiger charge is 2.27. The van der Waals surface area contributed by atoms with Crippen LogP contribution in [0.4, 0.5) is 0 Å². The van der Waals surface area contributed by atoms with Crippen LogP contribution in [0.15, 0.2) is 53.4 Å². The molecule has 7 nitrogen and oxygen atoms in total. The third-order valence-electron chi connectivity index (χ3n) is 4.83. The van der Waals surface area contributed by atoms with E-state index >= 15 is 0 Å². The molecule has 1 heterocycles. The summed E-state index contributed by atoms with van der Waals surface area (Å²) in [5, 5.41) is 2.83. The Morgan fingerprint density at radius 1 is 1.00 bits per heavy atom. The number of carbonyl (C=O) groups excluding carboxylic acids is 1. The van der Waals surface area contributed by atoms with Crippen molar-refractivity contribution in [1.82, 2.24) is 14.5 Å². The molecule has 0 bridgehead atoms. The van der Waals surface area contributed by atoms with Gasteiger partial charge in [-0.15, -0.1) is 0 Å². The quantitative estimate of drug-likeness (QED) is 0.792. The second kappa shape index (κ2) is 8.72. The lowest BCUT2D eigenvalue weighted by atomic mass is 10.2. The van der Waals surface area contributed by atoms with Crippen molar-refractivity contribution in [1.29, 1.82) is 0 Å². The zero-order valence-corrected chi connectivity index (χ0v) is 16.9. The molecule has 0 radical (unpaired) electrons. The predicted octanol–water partition coefficient (Wildman–Crippen LogP) is 1.56. The number of likely N-dealkylation sites (N-methyl/N-ethyl adjacent to an activating group) is 1. The monoisotopic (exact) mass is 403 g/mol. The molecule has 0 spiro atoms. The minimum Gasteiger partial charge on any atom is -0.497 e. The van der Waals surface area contributed by atoms with E-state index in [2.05, 4.69) is 10.2 Å². The number of amides is 1. The fourth-order valence-corrected chi connectivity index (χ4v) is 4.41. The summed E-state index contributed by atoms with van der Waals surface area (Å²) in [6, 6.07) is 13.5. The van der Waals surface area contributed by atoms with Crippen molar-refractivity contribution in [2.75, 3.05) is 40.3 Å². The van der Waals surface area contributed by atoms with Gasteiger partial charge in [-0.3, -0.25) is 4.79 Å². The summed E-state index contributed by atoms with van der Waals surface area (Å²) in [6.07, 6.45) is 0. The van der Waals surface area contributed by atoms with Crippen LogP contribution in [-0.2, 0) is 16.6 Å². The SMILES string of the molecule is COc1ccc(C(=O)NCc2ccc(S(=O)(=O)N3CCN(C)CC3)cc2)cc1. The van der Waals surface area contributed by atoms with Crippen molar-refractivity contribution < 1.29 is 17.9 Å². The number of hydrogen-bond donors (Lipinski definition) is 1. The average molecular weight is 404 g/mol. The van der Waals surface area contributed by atoms with Crippen LogP contribution in [0, 0.1) is 0 Å². The molecule has 0 aliphatic carbocycles. The van der Waals surface area contributed by atoms with Gasteiger partial charge in [0.1, 0.15) is 5.75 Å². The molecule has 28 heavy (non-hydrogen) atoms. The van der Waals surface area contributed by atoms with Crippen LogP contribution in [0.3, 0.4) is 0 Å². The van der Waals surface area contributed by atoms with Crippen LogP contribution >= 0.6 is 0 Å². The average Bonchev–Trinajstić information content (AvgIpc) is 2.72. The summed E-state index contributed by atoms with van der Waals surface area (Å²) in [7, 11) is 0.0815. The largest absolute Gasteiger partial charge is 0.497 e. The van der Waals surface area contributed by atoms with Crippen molar-refractivity contribution >= 4 is 15.9 Å². The first-order chi connectivity index (χ1) is 13.4. The van der Waals surface area contributed by atoms with Crippen molar-refractivity contribution in [3.8, 4) is 5.75 Å². The van der Waals surface area contributed by atoms with E-state index in [1.807, 2.05) is 7.05 Å². The van der Waals surface area contributed by atoms with E-state index in [-0.39, 0.29) is 10.8 Å². The summed E-state index contributed by atoms with van der Waals surface area (Å²) in [5.74, 6) is 0.491. The molecular weight excluding hydrogens is 378 g/mol. The molecule has 1 N–H and O–H groups in total. The summed E-state index contributed by atoms with van der Waals surface area (Å²) in [6.45, 7) is 2.78. The van der Waals surface area contributed by atoms with Crippen LogP contribution in [-0.4, -0.2) is 63.9 Å². The summed E-state index contributed by atoms with van der Waals surface area (Å²) >= 11 is 0. The van der Waals surface area contributed by atoms with Crippen molar-refractivity contribution in [2.24, 2.45) is 0 Å². The van der Waals surface area contributed by atoms with Crippen LogP contribution in [0.2, 0.25) is 0 Å². The summed E-state index contributed by atoms with van der Waals surface area (Å²) < 4.78 is 32.1. The molecular formula is C20H25N3O4S. The lowest BCUT2D eigenvalue weighted by Gasteiger charge is -2.31. The van der Waals surface area contributed by atoms with Crippen molar-refractivity contribution in [3.05, 3.63) is 59.7 Å². The molecule has 3 rings (SSSR count). The van der Waals surface area contributed by atoms with Crippen LogP contribution in [0.5, 0.6) is 5.75 Å². The molecule has 0 saturated carbocycles. The van der Waals surface area contributed by atoms with E-state index in [9.17, 15) is 13.2 Å². The Morgan fingerprint density at radius 3 is 2.18 bits per heavy atom. The lowest BCUT2D eigenvalue weighted by molar-refractivity contribution is 0.0951. The van der Waals surface area contributed by atoms with E-state index in [1.165, 1.54) is 4.31 Å². The fourth-order valence-electron chi connectivity index (χ4n) is 2.98. The molecule has 1 fully saturated rings. The van der Waals surface area contributed by atoms with Gasteiger partial charge in [-0.2, -0.15) is 4.31 Å². The highest BCUT2D eigenvalue weighted by molar-refractivity contribution is 7.89. The Morgan fingerprint density at radius 2 is 1.61 bits per heavy atom. The Labute approximate surface area is 166 Å². The number of piperazine rings is 1. The normalized spacial score (nSPS) is 15.9. The second-order valence-corrected chi connectivity index (χ2v) is 8.70. The van der Waals surface area contributed by atoms with Gasteiger partial charge in [0.05, 0.1) is 12.0 Å². The van der Waals surface area contributed by atoms with Crippen molar-refractivity contribution in [3.63, 3.8) is 0 Å². The number of hydrogen-bond acceptors (Lipinski definition) is 5. The molecule has 8 heteroatoms. The summed E-state index contributed by atoms with van der Waals surface area (Å²) in [4.78, 5) is 14.6. The van der Waals surface area contributed by atoms with E-state index in [4.69, 9.17) is 4.74 Å². The fraction of sp³-hybridized carbons (Fsp3) is 0.350. The Bertz CT molecular complexity index is 903. The molecule has 0 unspecified atom stereocenters. The molecule has 2 aromatic rings. The van der Waals surface area contributed by atoms with Gasteiger partial charge in [-0.25, -0.2) is 8.42 Å². The molecule has 1 saturated heterocycles. The Kier molecular flexibility index (Phi) is 6.33. The topological polar surface area (TPSA) is 78.9 Å². The van der Waals surface area contributed by atoms with Crippen LogP contribution in [0.25, 0.3) is 0 Å². The van der Waals surface area contributed by atoms with Gasteiger partial charge in [0.15, 0.2) is 0 Å². The highest BCUT2D eigenvalue weighted by Crippen LogP contribution is 2.18. The second-order valence-electron chi connectivity index (χ2n) is 6.76. The number of nitrogens with one attached hydrogen (secondary N) is 1.